The van der Waals surface area contributed by atoms with Crippen molar-refractivity contribution in [2.45, 2.75) is 31.5 Å². The SMILES string of the molecule is N=C(N)N1CCC[C@H]1C1=NC(c2ccc(OC/C=C/c3ccc(F)cc3)c(C(F)(F)F)c2)=CCCO1. The number of benzene rings is 2. The number of hydrogen-bond donors (Lipinski definition) is 2. The Hall–Kier alpha value is -3.82. The molecule has 2 aromatic carbocycles. The lowest BCUT2D eigenvalue weighted by atomic mass is 10.1. The number of ether oxygens (including phenoxy) is 2. The normalized spacial score (nSPS) is 18.4. The summed E-state index contributed by atoms with van der Waals surface area (Å²) in [4.78, 5) is 6.22. The van der Waals surface area contributed by atoms with Crippen molar-refractivity contribution in [1.29, 1.82) is 5.41 Å². The van der Waals surface area contributed by atoms with E-state index in [1.807, 2.05) is 0 Å². The fourth-order valence-electron chi connectivity index (χ4n) is 4.15. The van der Waals surface area contributed by atoms with Gasteiger partial charge in [-0.2, -0.15) is 13.2 Å². The van der Waals surface area contributed by atoms with E-state index in [4.69, 9.17) is 20.6 Å². The Morgan fingerprint density at radius 1 is 1.22 bits per heavy atom. The van der Waals surface area contributed by atoms with Gasteiger partial charge in [0.15, 0.2) is 5.96 Å². The third-order valence-electron chi connectivity index (χ3n) is 5.88. The van der Waals surface area contributed by atoms with Gasteiger partial charge >= 0.3 is 6.18 Å². The first-order chi connectivity index (χ1) is 17.2. The lowest BCUT2D eigenvalue weighted by Gasteiger charge is -2.25. The zero-order valence-corrected chi connectivity index (χ0v) is 19.4. The quantitative estimate of drug-likeness (QED) is 0.312. The molecular weight excluding hydrogens is 476 g/mol. The topological polar surface area (TPSA) is 83.9 Å². The van der Waals surface area contributed by atoms with Crippen molar-refractivity contribution < 1.29 is 27.0 Å². The molecule has 2 heterocycles. The highest BCUT2D eigenvalue weighted by atomic mass is 19.4. The highest BCUT2D eigenvalue weighted by Gasteiger charge is 2.36. The summed E-state index contributed by atoms with van der Waals surface area (Å²) in [5.74, 6) is -0.410. The molecule has 10 heteroatoms. The summed E-state index contributed by atoms with van der Waals surface area (Å²) in [5, 5.41) is 7.78. The number of nitrogens with zero attached hydrogens (tertiary/aromatic N) is 2. The Morgan fingerprint density at radius 3 is 2.72 bits per heavy atom. The molecule has 0 aliphatic carbocycles. The molecule has 190 valence electrons. The van der Waals surface area contributed by atoms with Gasteiger partial charge in [-0.1, -0.05) is 24.3 Å². The van der Waals surface area contributed by atoms with Gasteiger partial charge < -0.3 is 20.1 Å². The van der Waals surface area contributed by atoms with Crippen LogP contribution in [0.25, 0.3) is 11.8 Å². The fourth-order valence-corrected chi connectivity index (χ4v) is 4.15. The van der Waals surface area contributed by atoms with Crippen molar-refractivity contribution in [1.82, 2.24) is 4.90 Å². The van der Waals surface area contributed by atoms with Crippen LogP contribution in [0.2, 0.25) is 0 Å². The third kappa shape index (κ3) is 6.05. The molecule has 0 aromatic heterocycles. The van der Waals surface area contributed by atoms with Crippen molar-refractivity contribution in [2.24, 2.45) is 10.7 Å². The van der Waals surface area contributed by atoms with E-state index < -0.39 is 11.7 Å². The van der Waals surface area contributed by atoms with E-state index in [2.05, 4.69) is 4.99 Å². The van der Waals surface area contributed by atoms with Crippen LogP contribution < -0.4 is 10.5 Å². The van der Waals surface area contributed by atoms with Crippen molar-refractivity contribution in [3.8, 4) is 5.75 Å². The lowest BCUT2D eigenvalue weighted by Crippen LogP contribution is -2.44. The number of guanidine groups is 1. The van der Waals surface area contributed by atoms with Crippen molar-refractivity contribution in [3.63, 3.8) is 0 Å². The standard InChI is InChI=1S/C26H26F4N4O2/c27-19-10-7-17(8-11-19)4-2-14-35-23-12-9-18(16-20(23)26(28,29)30)21-5-3-15-36-24(33-21)22-6-1-13-34(22)25(31)32/h2,4-5,7-12,16,22H,1,3,6,13-15H2,(H3,31,32)/b4-2+/t22-/m0/s1. The highest BCUT2D eigenvalue weighted by molar-refractivity contribution is 5.92. The van der Waals surface area contributed by atoms with Crippen LogP contribution in [0.1, 0.15) is 36.0 Å². The first kappa shape index (κ1) is 25.3. The molecule has 3 N–H and O–H groups in total. The van der Waals surface area contributed by atoms with Gasteiger partial charge in [-0.05, 0) is 54.8 Å². The molecule has 1 atom stereocenters. The summed E-state index contributed by atoms with van der Waals surface area (Å²) in [6, 6.07) is 9.23. The molecule has 1 saturated heterocycles. The van der Waals surface area contributed by atoms with Gasteiger partial charge in [0.05, 0.1) is 17.9 Å². The first-order valence-corrected chi connectivity index (χ1v) is 11.5. The number of hydrogen-bond acceptors (Lipinski definition) is 4. The molecule has 0 unspecified atom stereocenters. The minimum absolute atomic E-state index is 0.0899. The second kappa shape index (κ2) is 10.8. The number of alkyl halides is 3. The summed E-state index contributed by atoms with van der Waals surface area (Å²) >= 11 is 0. The lowest BCUT2D eigenvalue weighted by molar-refractivity contribution is -0.138. The summed E-state index contributed by atoms with van der Waals surface area (Å²) in [6.07, 6.45) is 2.28. The molecule has 0 radical (unpaired) electrons. The smallest absolute Gasteiger partial charge is 0.419 e. The molecule has 6 nitrogen and oxygen atoms in total. The van der Waals surface area contributed by atoms with E-state index in [-0.39, 0.29) is 35.7 Å². The molecule has 36 heavy (non-hydrogen) atoms. The highest BCUT2D eigenvalue weighted by Crippen LogP contribution is 2.38. The zero-order valence-electron chi connectivity index (χ0n) is 19.4. The maximum Gasteiger partial charge on any atom is 0.419 e. The predicted molar refractivity (Wildman–Crippen MR) is 130 cm³/mol. The molecule has 4 rings (SSSR count). The second-order valence-corrected chi connectivity index (χ2v) is 8.39. The monoisotopic (exact) mass is 502 g/mol. The van der Waals surface area contributed by atoms with E-state index >= 15 is 0 Å². The Bertz CT molecular complexity index is 1190. The van der Waals surface area contributed by atoms with Crippen LogP contribution in [0.5, 0.6) is 5.75 Å². The van der Waals surface area contributed by atoms with Crippen LogP contribution >= 0.6 is 0 Å². The van der Waals surface area contributed by atoms with Crippen LogP contribution in [0.4, 0.5) is 17.6 Å². The third-order valence-corrected chi connectivity index (χ3v) is 5.88. The largest absolute Gasteiger partial charge is 0.489 e. The van der Waals surface area contributed by atoms with Crippen molar-refractivity contribution in [2.75, 3.05) is 19.8 Å². The van der Waals surface area contributed by atoms with Crippen LogP contribution in [0, 0.1) is 11.2 Å². The van der Waals surface area contributed by atoms with Gasteiger partial charge in [-0.25, -0.2) is 9.38 Å². The predicted octanol–water partition coefficient (Wildman–Crippen LogP) is 5.45. The van der Waals surface area contributed by atoms with Crippen LogP contribution in [-0.2, 0) is 10.9 Å². The van der Waals surface area contributed by atoms with Gasteiger partial charge in [0.1, 0.15) is 24.2 Å². The number of likely N-dealkylation sites (tertiary alicyclic amines) is 1. The number of nitrogens with one attached hydrogen (secondary N) is 1. The molecule has 0 spiro atoms. The van der Waals surface area contributed by atoms with Gasteiger partial charge in [-0.3, -0.25) is 5.41 Å². The second-order valence-electron chi connectivity index (χ2n) is 8.39. The average Bonchev–Trinajstić information content (AvgIpc) is 3.21. The van der Waals surface area contributed by atoms with Crippen LogP contribution in [0.15, 0.2) is 59.6 Å². The zero-order chi connectivity index (χ0) is 25.7. The Labute approximate surface area is 206 Å². The Balaban J connectivity index is 1.55. The van der Waals surface area contributed by atoms with E-state index in [1.165, 1.54) is 24.3 Å². The van der Waals surface area contributed by atoms with Crippen LogP contribution in [0.3, 0.4) is 0 Å². The van der Waals surface area contributed by atoms with E-state index in [0.29, 0.717) is 43.2 Å². The number of nitrogens with two attached hydrogens (primary N) is 1. The molecule has 2 aliphatic heterocycles. The van der Waals surface area contributed by atoms with E-state index in [0.717, 1.165) is 12.5 Å². The van der Waals surface area contributed by atoms with E-state index in [1.54, 1.807) is 35.3 Å². The average molecular weight is 503 g/mol. The van der Waals surface area contributed by atoms with Gasteiger partial charge in [0, 0.05) is 18.5 Å². The summed E-state index contributed by atoms with van der Waals surface area (Å²) in [7, 11) is 0. The maximum atomic E-state index is 13.9. The minimum Gasteiger partial charge on any atom is -0.489 e. The Kier molecular flexibility index (Phi) is 7.61. The molecular formula is C26H26F4N4O2. The van der Waals surface area contributed by atoms with Crippen molar-refractivity contribution >= 4 is 23.6 Å². The van der Waals surface area contributed by atoms with Gasteiger partial charge in [0.2, 0.25) is 5.90 Å². The molecule has 2 aromatic rings. The van der Waals surface area contributed by atoms with Crippen LogP contribution in [-0.4, -0.2) is 42.6 Å². The van der Waals surface area contributed by atoms with Gasteiger partial charge in [-0.15, -0.1) is 0 Å². The summed E-state index contributed by atoms with van der Waals surface area (Å²) in [6.45, 7) is 0.834. The molecule has 0 amide bonds. The fraction of sp³-hybridized carbons (Fsp3) is 0.308. The summed E-state index contributed by atoms with van der Waals surface area (Å²) < 4.78 is 65.9. The minimum atomic E-state index is -4.64. The summed E-state index contributed by atoms with van der Waals surface area (Å²) in [5.41, 5.74) is 6.12. The number of aliphatic imine (C=N–C) groups is 1. The number of halogens is 4. The van der Waals surface area contributed by atoms with Gasteiger partial charge in [0.25, 0.3) is 0 Å². The number of rotatable bonds is 6. The Morgan fingerprint density at radius 2 is 2.00 bits per heavy atom. The molecule has 0 bridgehead atoms. The molecule has 2 aliphatic rings. The van der Waals surface area contributed by atoms with Crippen molar-refractivity contribution in [3.05, 3.63) is 77.1 Å². The first-order valence-electron chi connectivity index (χ1n) is 11.5. The molecule has 1 fully saturated rings. The maximum absolute atomic E-state index is 13.9. The van der Waals surface area contributed by atoms with E-state index in [9.17, 15) is 17.6 Å². The molecule has 0 saturated carbocycles.